The SMILES string of the molecule is CCCNC(=S)N1CC[NH+](Cc2ccc(OC)cc2)CC1. The van der Waals surface area contributed by atoms with E-state index in [1.54, 1.807) is 12.0 Å². The zero-order valence-electron chi connectivity index (χ0n) is 13.0. The van der Waals surface area contributed by atoms with E-state index in [9.17, 15) is 0 Å². The number of thiocarbonyl (C=S) groups is 1. The molecule has 0 aromatic heterocycles. The van der Waals surface area contributed by atoms with E-state index >= 15 is 0 Å². The number of ether oxygens (including phenoxy) is 1. The molecule has 0 amide bonds. The Kier molecular flexibility index (Phi) is 6.26. The van der Waals surface area contributed by atoms with Gasteiger partial charge in [0.05, 0.1) is 33.3 Å². The molecule has 21 heavy (non-hydrogen) atoms. The molecule has 116 valence electrons. The molecule has 1 saturated heterocycles. The van der Waals surface area contributed by atoms with Crippen LogP contribution in [0.3, 0.4) is 0 Å². The molecule has 0 spiro atoms. The molecule has 1 fully saturated rings. The van der Waals surface area contributed by atoms with Gasteiger partial charge in [0.1, 0.15) is 12.3 Å². The summed E-state index contributed by atoms with van der Waals surface area (Å²) in [5.74, 6) is 0.922. The number of hydrogen-bond donors (Lipinski definition) is 2. The lowest BCUT2D eigenvalue weighted by atomic mass is 10.2. The first kappa shape index (κ1) is 16.0. The lowest BCUT2D eigenvalue weighted by Crippen LogP contribution is -3.13. The molecule has 1 aliphatic heterocycles. The van der Waals surface area contributed by atoms with Gasteiger partial charge >= 0.3 is 0 Å². The second kappa shape index (κ2) is 8.20. The van der Waals surface area contributed by atoms with Crippen molar-refractivity contribution in [2.75, 3.05) is 39.8 Å². The minimum Gasteiger partial charge on any atom is -0.497 e. The smallest absolute Gasteiger partial charge is 0.169 e. The fraction of sp³-hybridized carbons (Fsp3) is 0.562. The summed E-state index contributed by atoms with van der Waals surface area (Å²) in [7, 11) is 1.70. The number of methoxy groups -OCH3 is 1. The number of quaternary nitrogens is 1. The maximum Gasteiger partial charge on any atom is 0.169 e. The standard InChI is InChI=1S/C16H25N3OS/c1-3-8-17-16(21)19-11-9-18(10-12-19)13-14-4-6-15(20-2)7-5-14/h4-7H,3,8-13H2,1-2H3,(H,17,21)/p+1. The molecule has 1 heterocycles. The van der Waals surface area contributed by atoms with Crippen molar-refractivity contribution in [3.63, 3.8) is 0 Å². The van der Waals surface area contributed by atoms with E-state index in [1.807, 2.05) is 12.1 Å². The van der Waals surface area contributed by atoms with Crippen LogP contribution in [0.25, 0.3) is 0 Å². The van der Waals surface area contributed by atoms with Gasteiger partial charge in [0.25, 0.3) is 0 Å². The van der Waals surface area contributed by atoms with Gasteiger partial charge in [0, 0.05) is 12.1 Å². The molecule has 0 aliphatic carbocycles. The number of piperazine rings is 1. The summed E-state index contributed by atoms with van der Waals surface area (Å²) >= 11 is 5.43. The Morgan fingerprint density at radius 1 is 1.29 bits per heavy atom. The highest BCUT2D eigenvalue weighted by molar-refractivity contribution is 7.80. The van der Waals surface area contributed by atoms with Gasteiger partial charge in [-0.15, -0.1) is 0 Å². The third-order valence-electron chi connectivity index (χ3n) is 3.90. The molecule has 0 bridgehead atoms. The van der Waals surface area contributed by atoms with Gasteiger partial charge in [-0.05, 0) is 42.9 Å². The van der Waals surface area contributed by atoms with E-state index in [4.69, 9.17) is 17.0 Å². The Balaban J connectivity index is 1.76. The van der Waals surface area contributed by atoms with Gasteiger partial charge in [0.2, 0.25) is 0 Å². The Hall–Kier alpha value is -1.33. The number of rotatable bonds is 5. The fourth-order valence-corrected chi connectivity index (χ4v) is 2.86. The van der Waals surface area contributed by atoms with Crippen molar-refractivity contribution in [3.05, 3.63) is 29.8 Å². The second-order valence-electron chi connectivity index (χ2n) is 5.49. The van der Waals surface area contributed by atoms with Crippen LogP contribution in [0, 0.1) is 0 Å². The van der Waals surface area contributed by atoms with Crippen LogP contribution in [-0.2, 0) is 6.54 Å². The number of nitrogens with one attached hydrogen (secondary N) is 2. The summed E-state index contributed by atoms with van der Waals surface area (Å²) in [5.41, 5.74) is 1.37. The summed E-state index contributed by atoms with van der Waals surface area (Å²) in [6.45, 7) is 8.57. The first-order chi connectivity index (χ1) is 10.2. The van der Waals surface area contributed by atoms with E-state index in [2.05, 4.69) is 29.3 Å². The molecule has 0 radical (unpaired) electrons. The van der Waals surface area contributed by atoms with Crippen LogP contribution in [0.2, 0.25) is 0 Å². The summed E-state index contributed by atoms with van der Waals surface area (Å²) in [4.78, 5) is 3.91. The quantitative estimate of drug-likeness (QED) is 0.783. The molecule has 1 aromatic rings. The van der Waals surface area contributed by atoms with Crippen molar-refractivity contribution in [1.82, 2.24) is 10.2 Å². The number of nitrogens with zero attached hydrogens (tertiary/aromatic N) is 1. The molecule has 0 unspecified atom stereocenters. The first-order valence-corrected chi connectivity index (χ1v) is 8.13. The van der Waals surface area contributed by atoms with Gasteiger partial charge in [-0.1, -0.05) is 6.92 Å². The molecular formula is C16H26N3OS+. The van der Waals surface area contributed by atoms with Gasteiger partial charge in [-0.25, -0.2) is 0 Å². The minimum absolute atomic E-state index is 0.917. The number of hydrogen-bond acceptors (Lipinski definition) is 2. The van der Waals surface area contributed by atoms with Crippen LogP contribution >= 0.6 is 12.2 Å². The molecule has 1 aromatic carbocycles. The average Bonchev–Trinajstić information content (AvgIpc) is 2.54. The summed E-state index contributed by atoms with van der Waals surface area (Å²) < 4.78 is 5.20. The van der Waals surface area contributed by atoms with E-state index in [0.717, 1.165) is 56.6 Å². The number of benzene rings is 1. The molecule has 5 heteroatoms. The van der Waals surface area contributed by atoms with Crippen molar-refractivity contribution < 1.29 is 9.64 Å². The molecular weight excluding hydrogens is 282 g/mol. The highest BCUT2D eigenvalue weighted by atomic mass is 32.1. The molecule has 1 aliphatic rings. The largest absolute Gasteiger partial charge is 0.497 e. The van der Waals surface area contributed by atoms with Crippen LogP contribution < -0.4 is 15.0 Å². The predicted octanol–water partition coefficient (Wildman–Crippen LogP) is 0.680. The van der Waals surface area contributed by atoms with Crippen molar-refractivity contribution in [2.45, 2.75) is 19.9 Å². The molecule has 2 rings (SSSR count). The molecule has 2 N–H and O–H groups in total. The lowest BCUT2D eigenvalue weighted by Gasteiger charge is -2.33. The maximum absolute atomic E-state index is 5.43. The van der Waals surface area contributed by atoms with Crippen LogP contribution in [0.4, 0.5) is 0 Å². The first-order valence-electron chi connectivity index (χ1n) is 7.72. The van der Waals surface area contributed by atoms with Gasteiger partial charge < -0.3 is 19.9 Å². The molecule has 0 atom stereocenters. The van der Waals surface area contributed by atoms with Crippen LogP contribution in [-0.4, -0.2) is 49.8 Å². The summed E-state index contributed by atoms with van der Waals surface area (Å²) in [6.07, 6.45) is 1.11. The van der Waals surface area contributed by atoms with Crippen molar-refractivity contribution >= 4 is 17.3 Å². The highest BCUT2D eigenvalue weighted by Gasteiger charge is 2.21. The Bertz CT molecular complexity index is 441. The average molecular weight is 308 g/mol. The Morgan fingerprint density at radius 2 is 1.95 bits per heavy atom. The zero-order valence-corrected chi connectivity index (χ0v) is 13.8. The van der Waals surface area contributed by atoms with Crippen molar-refractivity contribution in [1.29, 1.82) is 0 Å². The third kappa shape index (κ3) is 4.86. The van der Waals surface area contributed by atoms with E-state index < -0.39 is 0 Å². The van der Waals surface area contributed by atoms with Crippen molar-refractivity contribution in [3.8, 4) is 5.75 Å². The zero-order chi connectivity index (χ0) is 15.1. The Morgan fingerprint density at radius 3 is 2.52 bits per heavy atom. The van der Waals surface area contributed by atoms with E-state index in [-0.39, 0.29) is 0 Å². The maximum atomic E-state index is 5.43. The predicted molar refractivity (Wildman–Crippen MR) is 89.9 cm³/mol. The van der Waals surface area contributed by atoms with Gasteiger partial charge in [0.15, 0.2) is 5.11 Å². The summed E-state index contributed by atoms with van der Waals surface area (Å²) in [6, 6.07) is 8.39. The third-order valence-corrected chi connectivity index (χ3v) is 4.30. The normalized spacial score (nSPS) is 15.8. The highest BCUT2D eigenvalue weighted by Crippen LogP contribution is 2.10. The van der Waals surface area contributed by atoms with Gasteiger partial charge in [-0.3, -0.25) is 0 Å². The second-order valence-corrected chi connectivity index (χ2v) is 5.88. The topological polar surface area (TPSA) is 28.9 Å². The lowest BCUT2D eigenvalue weighted by molar-refractivity contribution is -0.917. The fourth-order valence-electron chi connectivity index (χ4n) is 2.58. The van der Waals surface area contributed by atoms with Crippen LogP contribution in [0.15, 0.2) is 24.3 Å². The van der Waals surface area contributed by atoms with Crippen LogP contribution in [0.5, 0.6) is 5.75 Å². The minimum atomic E-state index is 0.917. The van der Waals surface area contributed by atoms with E-state index in [1.165, 1.54) is 5.56 Å². The van der Waals surface area contributed by atoms with Crippen molar-refractivity contribution in [2.24, 2.45) is 0 Å². The monoisotopic (exact) mass is 308 g/mol. The van der Waals surface area contributed by atoms with Gasteiger partial charge in [-0.2, -0.15) is 0 Å². The molecule has 0 saturated carbocycles. The van der Waals surface area contributed by atoms with Crippen LogP contribution in [0.1, 0.15) is 18.9 Å². The Labute approximate surface area is 133 Å². The summed E-state index contributed by atoms with van der Waals surface area (Å²) in [5, 5.41) is 4.23. The van der Waals surface area contributed by atoms with E-state index in [0.29, 0.717) is 0 Å². The molecule has 4 nitrogen and oxygen atoms in total.